The summed E-state index contributed by atoms with van der Waals surface area (Å²) >= 11 is 1.34. The number of nitrogens with zero attached hydrogens (tertiary/aromatic N) is 1. The number of rotatable bonds is 8. The molecule has 0 fully saturated rings. The monoisotopic (exact) mass is 428 g/mol. The number of carbonyl (C=O) groups is 2. The van der Waals surface area contributed by atoms with Crippen molar-refractivity contribution in [3.63, 3.8) is 0 Å². The molecule has 1 aromatic heterocycles. The summed E-state index contributed by atoms with van der Waals surface area (Å²) < 4.78 is 27.0. The Labute approximate surface area is 173 Å². The molecule has 0 radical (unpaired) electrons. The van der Waals surface area contributed by atoms with Crippen molar-refractivity contribution in [1.82, 2.24) is 0 Å². The van der Waals surface area contributed by atoms with E-state index >= 15 is 0 Å². The van der Waals surface area contributed by atoms with E-state index in [0.29, 0.717) is 16.3 Å². The van der Waals surface area contributed by atoms with Gasteiger partial charge in [0.25, 0.3) is 10.0 Å². The number of thiophene rings is 1. The second-order valence-electron chi connectivity index (χ2n) is 6.28. The lowest BCUT2D eigenvalue weighted by Gasteiger charge is -2.19. The summed E-state index contributed by atoms with van der Waals surface area (Å²) in [6.45, 7) is 0. The standard InChI is InChI=1S/C21H20N2O4S2/c1-23(17-8-3-2-4-9-17)29(26,27)18-10-5-7-16(15-18)22-21(25)13-12-19(24)20-11-6-14-28-20/h2-11,14-15H,12-13H2,1H3,(H,22,25). The highest BCUT2D eigenvalue weighted by atomic mass is 32.2. The molecule has 2 aromatic carbocycles. The van der Waals surface area contributed by atoms with Crippen LogP contribution in [0.5, 0.6) is 0 Å². The molecule has 1 heterocycles. The maximum Gasteiger partial charge on any atom is 0.264 e. The molecule has 0 atom stereocenters. The fourth-order valence-corrected chi connectivity index (χ4v) is 4.62. The van der Waals surface area contributed by atoms with Crippen molar-refractivity contribution in [1.29, 1.82) is 0 Å². The molecule has 0 aliphatic carbocycles. The number of Topliss-reactive ketones (excluding diaryl/α,β-unsaturated/α-hetero) is 1. The number of benzene rings is 2. The van der Waals surface area contributed by atoms with Gasteiger partial charge in [-0.2, -0.15) is 0 Å². The third kappa shape index (κ3) is 5.10. The van der Waals surface area contributed by atoms with Crippen molar-refractivity contribution in [3.05, 3.63) is 77.0 Å². The lowest BCUT2D eigenvalue weighted by Crippen LogP contribution is -2.26. The SMILES string of the molecule is CN(c1ccccc1)S(=O)(=O)c1cccc(NC(=O)CCC(=O)c2cccs2)c1. The van der Waals surface area contributed by atoms with Crippen LogP contribution in [0.25, 0.3) is 0 Å². The molecule has 6 nitrogen and oxygen atoms in total. The van der Waals surface area contributed by atoms with Crippen LogP contribution in [0.2, 0.25) is 0 Å². The number of ketones is 1. The fraction of sp³-hybridized carbons (Fsp3) is 0.143. The number of hydrogen-bond acceptors (Lipinski definition) is 5. The van der Waals surface area contributed by atoms with Gasteiger partial charge in [0.1, 0.15) is 0 Å². The van der Waals surface area contributed by atoms with Crippen molar-refractivity contribution < 1.29 is 18.0 Å². The zero-order valence-electron chi connectivity index (χ0n) is 15.7. The minimum atomic E-state index is -3.78. The van der Waals surface area contributed by atoms with Crippen LogP contribution in [-0.4, -0.2) is 27.2 Å². The smallest absolute Gasteiger partial charge is 0.264 e. The van der Waals surface area contributed by atoms with Crippen LogP contribution >= 0.6 is 11.3 Å². The normalized spacial score (nSPS) is 11.1. The van der Waals surface area contributed by atoms with Gasteiger partial charge in [0.2, 0.25) is 5.91 Å². The van der Waals surface area contributed by atoms with E-state index in [1.54, 1.807) is 48.5 Å². The molecule has 0 bridgehead atoms. The maximum absolute atomic E-state index is 12.9. The van der Waals surface area contributed by atoms with E-state index in [-0.39, 0.29) is 29.4 Å². The number of anilines is 2. The molecule has 0 spiro atoms. The molecule has 0 saturated heterocycles. The highest BCUT2D eigenvalue weighted by molar-refractivity contribution is 7.92. The first-order valence-electron chi connectivity index (χ1n) is 8.88. The van der Waals surface area contributed by atoms with Crippen molar-refractivity contribution in [2.24, 2.45) is 0 Å². The average Bonchev–Trinajstić information content (AvgIpc) is 3.27. The van der Waals surface area contributed by atoms with Gasteiger partial charge in [0.05, 0.1) is 15.5 Å². The molecule has 29 heavy (non-hydrogen) atoms. The summed E-state index contributed by atoms with van der Waals surface area (Å²) in [5, 5.41) is 4.47. The summed E-state index contributed by atoms with van der Waals surface area (Å²) in [5.41, 5.74) is 0.898. The Morgan fingerprint density at radius 3 is 2.41 bits per heavy atom. The van der Waals surface area contributed by atoms with Crippen LogP contribution in [0.15, 0.2) is 77.0 Å². The lowest BCUT2D eigenvalue weighted by molar-refractivity contribution is -0.116. The second-order valence-corrected chi connectivity index (χ2v) is 9.20. The van der Waals surface area contributed by atoms with E-state index in [0.717, 1.165) is 0 Å². The average molecular weight is 429 g/mol. The summed E-state index contributed by atoms with van der Waals surface area (Å²) in [7, 11) is -2.30. The Hall–Kier alpha value is -2.97. The van der Waals surface area contributed by atoms with Crippen LogP contribution in [0, 0.1) is 0 Å². The van der Waals surface area contributed by atoms with E-state index in [2.05, 4.69) is 5.32 Å². The van der Waals surface area contributed by atoms with Gasteiger partial charge in [-0.15, -0.1) is 11.3 Å². The van der Waals surface area contributed by atoms with Gasteiger partial charge in [-0.3, -0.25) is 13.9 Å². The van der Waals surface area contributed by atoms with Crippen LogP contribution < -0.4 is 9.62 Å². The highest BCUT2D eigenvalue weighted by Crippen LogP contribution is 2.24. The first-order valence-corrected chi connectivity index (χ1v) is 11.2. The van der Waals surface area contributed by atoms with Crippen molar-refractivity contribution in [2.45, 2.75) is 17.7 Å². The molecule has 0 unspecified atom stereocenters. The van der Waals surface area contributed by atoms with Gasteiger partial charge >= 0.3 is 0 Å². The first kappa shape index (κ1) is 20.8. The number of amides is 1. The van der Waals surface area contributed by atoms with Gasteiger partial charge in [-0.25, -0.2) is 8.42 Å². The third-order valence-corrected chi connectivity index (χ3v) is 6.96. The van der Waals surface area contributed by atoms with E-state index in [1.807, 2.05) is 11.4 Å². The van der Waals surface area contributed by atoms with E-state index < -0.39 is 10.0 Å². The largest absolute Gasteiger partial charge is 0.326 e. The molecular weight excluding hydrogens is 408 g/mol. The molecule has 150 valence electrons. The molecule has 3 aromatic rings. The van der Waals surface area contributed by atoms with Crippen LogP contribution in [0.3, 0.4) is 0 Å². The zero-order chi connectivity index (χ0) is 20.9. The van der Waals surface area contributed by atoms with Gasteiger partial charge in [-0.1, -0.05) is 30.3 Å². The Bertz CT molecular complexity index is 1090. The quantitative estimate of drug-likeness (QED) is 0.546. The van der Waals surface area contributed by atoms with Gasteiger partial charge in [0.15, 0.2) is 5.78 Å². The van der Waals surface area contributed by atoms with Crippen LogP contribution in [0.4, 0.5) is 11.4 Å². The van der Waals surface area contributed by atoms with Crippen LogP contribution in [0.1, 0.15) is 22.5 Å². The molecule has 1 N–H and O–H groups in total. The maximum atomic E-state index is 12.9. The zero-order valence-corrected chi connectivity index (χ0v) is 17.4. The minimum Gasteiger partial charge on any atom is -0.326 e. The van der Waals surface area contributed by atoms with Gasteiger partial charge in [0, 0.05) is 25.6 Å². The summed E-state index contributed by atoms with van der Waals surface area (Å²) in [6, 6.07) is 18.3. The van der Waals surface area contributed by atoms with E-state index in [1.165, 1.54) is 34.8 Å². The topological polar surface area (TPSA) is 83.6 Å². The molecule has 8 heteroatoms. The predicted molar refractivity (Wildman–Crippen MR) is 115 cm³/mol. The predicted octanol–water partition coefficient (Wildman–Crippen LogP) is 4.17. The lowest BCUT2D eigenvalue weighted by atomic mass is 10.2. The Morgan fingerprint density at radius 2 is 1.72 bits per heavy atom. The number of sulfonamides is 1. The summed E-state index contributed by atoms with van der Waals surface area (Å²) in [4.78, 5) is 24.9. The fourth-order valence-electron chi connectivity index (χ4n) is 2.68. The molecule has 1 amide bonds. The Kier molecular flexibility index (Phi) is 6.46. The number of carbonyl (C=O) groups excluding carboxylic acids is 2. The molecule has 0 saturated carbocycles. The number of hydrogen-bond donors (Lipinski definition) is 1. The first-order chi connectivity index (χ1) is 13.9. The number of nitrogens with one attached hydrogen (secondary N) is 1. The minimum absolute atomic E-state index is 0.0254. The highest BCUT2D eigenvalue weighted by Gasteiger charge is 2.21. The molecule has 0 aliphatic rings. The van der Waals surface area contributed by atoms with Crippen LogP contribution in [-0.2, 0) is 14.8 Å². The molecule has 0 aliphatic heterocycles. The molecular formula is C21H20N2O4S2. The van der Waals surface area contributed by atoms with Gasteiger partial charge in [-0.05, 0) is 41.8 Å². The van der Waals surface area contributed by atoms with Crippen molar-refractivity contribution in [2.75, 3.05) is 16.7 Å². The van der Waals surface area contributed by atoms with E-state index in [9.17, 15) is 18.0 Å². The number of para-hydroxylation sites is 1. The molecule has 3 rings (SSSR count). The van der Waals surface area contributed by atoms with Crippen molar-refractivity contribution >= 4 is 44.4 Å². The Balaban J connectivity index is 1.67. The summed E-state index contributed by atoms with van der Waals surface area (Å²) in [5.74, 6) is -0.433. The van der Waals surface area contributed by atoms with E-state index in [4.69, 9.17) is 0 Å². The van der Waals surface area contributed by atoms with Crippen molar-refractivity contribution in [3.8, 4) is 0 Å². The second kappa shape index (κ2) is 9.02. The summed E-state index contributed by atoms with van der Waals surface area (Å²) in [6.07, 6.45) is 0.124. The third-order valence-electron chi connectivity index (χ3n) is 4.27. The van der Waals surface area contributed by atoms with Gasteiger partial charge < -0.3 is 5.32 Å². The Morgan fingerprint density at radius 1 is 0.966 bits per heavy atom.